The van der Waals surface area contributed by atoms with Crippen LogP contribution in [0.5, 0.6) is 0 Å². The Hall–Kier alpha value is -1.09. The fourth-order valence-electron chi connectivity index (χ4n) is 3.45. The van der Waals surface area contributed by atoms with Crippen molar-refractivity contribution in [2.75, 3.05) is 39.3 Å². The second kappa shape index (κ2) is 7.63. The number of nitrogens with one attached hydrogen (secondary N) is 1. The van der Waals surface area contributed by atoms with E-state index in [0.717, 1.165) is 0 Å². The van der Waals surface area contributed by atoms with Crippen molar-refractivity contribution < 1.29 is 25.3 Å². The van der Waals surface area contributed by atoms with E-state index >= 15 is 0 Å². The third kappa shape index (κ3) is 3.72. The van der Waals surface area contributed by atoms with Crippen LogP contribution in [0.2, 0.25) is 0 Å². The Labute approximate surface area is 166 Å². The van der Waals surface area contributed by atoms with Crippen LogP contribution < -0.4 is 4.72 Å². The van der Waals surface area contributed by atoms with E-state index in [1.165, 1.54) is 37.2 Å². The van der Waals surface area contributed by atoms with Gasteiger partial charge in [0, 0.05) is 39.3 Å². The summed E-state index contributed by atoms with van der Waals surface area (Å²) in [5.41, 5.74) is 0. The summed E-state index contributed by atoms with van der Waals surface area (Å²) >= 11 is 0. The molecule has 0 aliphatic carbocycles. The Bertz CT molecular complexity index is 1050. The summed E-state index contributed by atoms with van der Waals surface area (Å²) < 4.78 is 81.4. The van der Waals surface area contributed by atoms with Gasteiger partial charge in [-0.3, -0.25) is 0 Å². The molecule has 2 heterocycles. The number of sulfonamides is 2. The van der Waals surface area contributed by atoms with E-state index in [9.17, 15) is 25.3 Å². The number of rotatable bonds is 6. The smallest absolute Gasteiger partial charge is 0.207 e. The first-order valence-electron chi connectivity index (χ1n) is 8.91. The van der Waals surface area contributed by atoms with Crippen LogP contribution in [0.1, 0.15) is 13.8 Å². The molecule has 1 aromatic carbocycles. The van der Waals surface area contributed by atoms with Crippen LogP contribution in [0.3, 0.4) is 0 Å². The topological polar surface area (TPSA) is 124 Å². The number of nitrogens with zero attached hydrogens (tertiary/aromatic N) is 3. The zero-order chi connectivity index (χ0) is 20.7. The molecular weight excluding hydrogens is 428 g/mol. The molecular formula is C15H24N4O6S3. The third-order valence-electron chi connectivity index (χ3n) is 4.99. The lowest BCUT2D eigenvalue weighted by Crippen LogP contribution is -2.53. The number of fused-ring (bicyclic) bond motifs is 1. The molecule has 1 N–H and O–H groups in total. The van der Waals surface area contributed by atoms with Gasteiger partial charge in [-0.1, -0.05) is 19.9 Å². The van der Waals surface area contributed by atoms with Crippen LogP contribution in [0.25, 0.3) is 0 Å². The van der Waals surface area contributed by atoms with Crippen molar-refractivity contribution in [3.63, 3.8) is 0 Å². The number of hydrogen-bond donors (Lipinski definition) is 1. The quantitative estimate of drug-likeness (QED) is 0.605. The molecule has 0 bridgehead atoms. The average Bonchev–Trinajstić information content (AvgIpc) is 2.97. The molecule has 0 spiro atoms. The van der Waals surface area contributed by atoms with Gasteiger partial charge < -0.3 is 0 Å². The van der Waals surface area contributed by atoms with Gasteiger partial charge >= 0.3 is 0 Å². The predicted molar refractivity (Wildman–Crippen MR) is 103 cm³/mol. The molecule has 2 aliphatic rings. The van der Waals surface area contributed by atoms with Gasteiger partial charge in [-0.15, -0.1) is 0 Å². The van der Waals surface area contributed by atoms with Crippen LogP contribution in [0.15, 0.2) is 34.1 Å². The first-order chi connectivity index (χ1) is 13.0. The van der Waals surface area contributed by atoms with Crippen molar-refractivity contribution in [3.8, 4) is 0 Å². The van der Waals surface area contributed by atoms with Crippen molar-refractivity contribution in [1.29, 1.82) is 0 Å². The minimum absolute atomic E-state index is 0.00671. The fraction of sp³-hybridized carbons (Fsp3) is 0.600. The fourth-order valence-corrected chi connectivity index (χ4v) is 7.97. The number of benzene rings is 1. The maximum absolute atomic E-state index is 13.1. The summed E-state index contributed by atoms with van der Waals surface area (Å²) in [5, 5.41) is 0. The first kappa shape index (κ1) is 21.6. The highest BCUT2D eigenvalue weighted by Crippen LogP contribution is 2.26. The van der Waals surface area contributed by atoms with Gasteiger partial charge in [0.1, 0.15) is 0 Å². The van der Waals surface area contributed by atoms with Crippen LogP contribution in [-0.2, 0) is 30.3 Å². The van der Waals surface area contributed by atoms with Crippen LogP contribution >= 0.6 is 0 Å². The predicted octanol–water partition coefficient (Wildman–Crippen LogP) is -0.760. The van der Waals surface area contributed by atoms with Crippen LogP contribution in [-0.4, -0.2) is 83.5 Å². The van der Waals surface area contributed by atoms with Crippen molar-refractivity contribution in [2.45, 2.75) is 29.7 Å². The maximum Gasteiger partial charge on any atom is 0.279 e. The van der Waals surface area contributed by atoms with Gasteiger partial charge in [0.15, 0.2) is 0 Å². The second-order valence-electron chi connectivity index (χ2n) is 6.55. The summed E-state index contributed by atoms with van der Waals surface area (Å²) in [6, 6.07) is 4.82. The third-order valence-corrected chi connectivity index (χ3v) is 10.5. The van der Waals surface area contributed by atoms with Crippen molar-refractivity contribution in [3.05, 3.63) is 24.3 Å². The molecule has 0 amide bonds. The minimum Gasteiger partial charge on any atom is -0.207 e. The molecule has 0 radical (unpaired) electrons. The molecule has 0 saturated carbocycles. The van der Waals surface area contributed by atoms with Crippen molar-refractivity contribution in [1.82, 2.24) is 17.6 Å². The van der Waals surface area contributed by atoms with E-state index in [1.807, 2.05) is 0 Å². The van der Waals surface area contributed by atoms with Gasteiger partial charge in [0.05, 0.1) is 15.8 Å². The molecule has 3 rings (SSSR count). The van der Waals surface area contributed by atoms with E-state index in [2.05, 4.69) is 4.72 Å². The molecule has 2 saturated heterocycles. The Balaban J connectivity index is 1.90. The Morgan fingerprint density at radius 2 is 1.75 bits per heavy atom. The summed E-state index contributed by atoms with van der Waals surface area (Å²) in [7, 11) is -11.3. The largest absolute Gasteiger partial charge is 0.279 e. The van der Waals surface area contributed by atoms with Crippen molar-refractivity contribution in [2.24, 2.45) is 0 Å². The lowest BCUT2D eigenvalue weighted by Gasteiger charge is -2.34. The highest BCUT2D eigenvalue weighted by Gasteiger charge is 2.43. The summed E-state index contributed by atoms with van der Waals surface area (Å²) in [6.45, 7) is 4.20. The molecule has 1 atom stereocenters. The van der Waals surface area contributed by atoms with Gasteiger partial charge in [0.2, 0.25) is 20.0 Å². The zero-order valence-electron chi connectivity index (χ0n) is 15.6. The first-order valence-corrected chi connectivity index (χ1v) is 13.2. The normalized spacial score (nSPS) is 23.8. The van der Waals surface area contributed by atoms with Crippen LogP contribution in [0, 0.1) is 0 Å². The van der Waals surface area contributed by atoms with E-state index in [4.69, 9.17) is 0 Å². The summed E-state index contributed by atoms with van der Waals surface area (Å²) in [6.07, 6.45) is 0. The molecule has 0 aromatic heterocycles. The van der Waals surface area contributed by atoms with E-state index in [-0.39, 0.29) is 49.1 Å². The monoisotopic (exact) mass is 452 g/mol. The van der Waals surface area contributed by atoms with Gasteiger partial charge in [-0.2, -0.15) is 21.3 Å². The maximum atomic E-state index is 13.1. The van der Waals surface area contributed by atoms with Gasteiger partial charge in [-0.05, 0) is 18.2 Å². The molecule has 13 heteroatoms. The zero-order valence-corrected chi connectivity index (χ0v) is 18.1. The average molecular weight is 453 g/mol. The Morgan fingerprint density at radius 1 is 1.11 bits per heavy atom. The standard InChI is InChI=1S/C15H24N4O6S3/c1-3-17(4-2)26(20,21)14-6-5-7-15(10-14)27(22,23)18-8-9-19-13(12-18)11-16-28(19,24)25/h5-7,10,13,16H,3-4,8-9,11-12H2,1-2H3. The number of hydrogen-bond acceptors (Lipinski definition) is 6. The highest BCUT2D eigenvalue weighted by atomic mass is 32.2. The second-order valence-corrected chi connectivity index (χ2v) is 12.1. The lowest BCUT2D eigenvalue weighted by molar-refractivity contribution is 0.221. The van der Waals surface area contributed by atoms with Crippen LogP contribution in [0.4, 0.5) is 0 Å². The molecule has 2 aliphatic heterocycles. The van der Waals surface area contributed by atoms with Gasteiger partial charge in [0.25, 0.3) is 10.2 Å². The lowest BCUT2D eigenvalue weighted by atomic mass is 10.2. The number of piperazine rings is 1. The Kier molecular flexibility index (Phi) is 5.89. The molecule has 10 nitrogen and oxygen atoms in total. The van der Waals surface area contributed by atoms with E-state index in [0.29, 0.717) is 0 Å². The molecule has 158 valence electrons. The molecule has 28 heavy (non-hydrogen) atoms. The molecule has 1 unspecified atom stereocenters. The molecule has 1 aromatic rings. The minimum atomic E-state index is -3.96. The highest BCUT2D eigenvalue weighted by molar-refractivity contribution is 7.90. The van der Waals surface area contributed by atoms with E-state index < -0.39 is 36.3 Å². The van der Waals surface area contributed by atoms with Crippen molar-refractivity contribution >= 4 is 30.3 Å². The van der Waals surface area contributed by atoms with Gasteiger partial charge in [-0.25, -0.2) is 21.6 Å². The SMILES string of the molecule is CCN(CC)S(=O)(=O)c1cccc(S(=O)(=O)N2CCN3C(CNS3(=O)=O)C2)c1. The van der Waals surface area contributed by atoms with E-state index in [1.54, 1.807) is 13.8 Å². The Morgan fingerprint density at radius 3 is 2.39 bits per heavy atom. The summed E-state index contributed by atoms with van der Waals surface area (Å²) in [5.74, 6) is 0. The summed E-state index contributed by atoms with van der Waals surface area (Å²) in [4.78, 5) is -0.205. The molecule has 2 fully saturated rings.